The fourth-order valence-corrected chi connectivity index (χ4v) is 2.78. The quantitative estimate of drug-likeness (QED) is 0.632. The number of benzene rings is 2. The number of aromatic nitrogens is 2. The van der Waals surface area contributed by atoms with Gasteiger partial charge in [0.05, 0.1) is 4.51 Å². The van der Waals surface area contributed by atoms with E-state index in [0.717, 1.165) is 26.9 Å². The molecule has 0 atom stereocenters. The zero-order valence-electron chi connectivity index (χ0n) is 12.1. The van der Waals surface area contributed by atoms with Gasteiger partial charge < -0.3 is 0 Å². The van der Waals surface area contributed by atoms with Gasteiger partial charge in [-0.1, -0.05) is 66.8 Å². The number of aryl methyl sites for hydroxylation is 2. The molecule has 0 aliphatic heterocycles. The minimum Gasteiger partial charge on any atom is -0.275 e. The lowest BCUT2D eigenvalue weighted by atomic mass is 10.0. The van der Waals surface area contributed by atoms with E-state index in [9.17, 15) is 0 Å². The van der Waals surface area contributed by atoms with Crippen molar-refractivity contribution in [1.82, 2.24) is 9.78 Å². The van der Waals surface area contributed by atoms with E-state index in [-0.39, 0.29) is 0 Å². The molecular formula is C18H16N2S. The summed E-state index contributed by atoms with van der Waals surface area (Å²) in [6.45, 7) is 2.10. The zero-order chi connectivity index (χ0) is 14.8. The molecule has 0 fully saturated rings. The standard InChI is InChI=1S/C18H16N2S/c1-13-8-6-7-11-15(13)16-12-20(2)19-17(18(16)21)14-9-4-3-5-10-14/h3-12H,1-2H3. The highest BCUT2D eigenvalue weighted by Crippen LogP contribution is 2.28. The van der Waals surface area contributed by atoms with Gasteiger partial charge >= 0.3 is 0 Å². The number of hydrogen-bond acceptors (Lipinski definition) is 2. The molecule has 0 unspecified atom stereocenters. The average molecular weight is 292 g/mol. The summed E-state index contributed by atoms with van der Waals surface area (Å²) in [6, 6.07) is 18.4. The molecule has 0 bridgehead atoms. The smallest absolute Gasteiger partial charge is 0.109 e. The van der Waals surface area contributed by atoms with Crippen LogP contribution in [0.4, 0.5) is 0 Å². The summed E-state index contributed by atoms with van der Waals surface area (Å²) in [7, 11) is 1.93. The van der Waals surface area contributed by atoms with E-state index >= 15 is 0 Å². The average Bonchev–Trinajstić information content (AvgIpc) is 2.51. The van der Waals surface area contributed by atoms with Crippen LogP contribution in [0.15, 0.2) is 60.8 Å². The van der Waals surface area contributed by atoms with Gasteiger partial charge in [-0.05, 0) is 18.1 Å². The lowest BCUT2D eigenvalue weighted by Crippen LogP contribution is -2.01. The Kier molecular flexibility index (Phi) is 3.67. The fraction of sp³-hybridized carbons (Fsp3) is 0.111. The Morgan fingerprint density at radius 2 is 1.57 bits per heavy atom. The van der Waals surface area contributed by atoms with Crippen molar-refractivity contribution in [3.05, 3.63) is 70.9 Å². The van der Waals surface area contributed by atoms with Crippen LogP contribution in [0, 0.1) is 11.4 Å². The Morgan fingerprint density at radius 1 is 0.905 bits per heavy atom. The number of hydrogen-bond donors (Lipinski definition) is 0. The Morgan fingerprint density at radius 3 is 2.29 bits per heavy atom. The molecule has 2 aromatic carbocycles. The van der Waals surface area contributed by atoms with Crippen molar-refractivity contribution in [2.75, 3.05) is 0 Å². The van der Waals surface area contributed by atoms with Crippen LogP contribution in [0.1, 0.15) is 5.56 Å². The molecule has 21 heavy (non-hydrogen) atoms. The summed E-state index contributed by atoms with van der Waals surface area (Å²) in [6.07, 6.45) is 2.00. The normalized spacial score (nSPS) is 10.6. The van der Waals surface area contributed by atoms with Gasteiger partial charge in [-0.15, -0.1) is 0 Å². The van der Waals surface area contributed by atoms with Crippen LogP contribution >= 0.6 is 12.2 Å². The van der Waals surface area contributed by atoms with Crippen molar-refractivity contribution in [2.24, 2.45) is 7.05 Å². The third-order valence-corrected chi connectivity index (χ3v) is 3.93. The van der Waals surface area contributed by atoms with Gasteiger partial charge in [-0.2, -0.15) is 5.10 Å². The third kappa shape index (κ3) is 2.65. The van der Waals surface area contributed by atoms with Gasteiger partial charge in [0.2, 0.25) is 0 Å². The highest BCUT2D eigenvalue weighted by molar-refractivity contribution is 7.71. The van der Waals surface area contributed by atoms with Crippen LogP contribution in [-0.4, -0.2) is 9.78 Å². The first kappa shape index (κ1) is 13.7. The summed E-state index contributed by atoms with van der Waals surface area (Å²) < 4.78 is 2.63. The molecule has 2 nitrogen and oxygen atoms in total. The molecule has 0 amide bonds. The lowest BCUT2D eigenvalue weighted by Gasteiger charge is -2.11. The Hall–Kier alpha value is -2.26. The topological polar surface area (TPSA) is 17.8 Å². The molecule has 0 saturated heterocycles. The number of rotatable bonds is 2. The minimum absolute atomic E-state index is 0.800. The summed E-state index contributed by atoms with van der Waals surface area (Å²) in [5.74, 6) is 0. The van der Waals surface area contributed by atoms with Gasteiger partial charge in [0.1, 0.15) is 5.69 Å². The molecule has 1 heterocycles. The zero-order valence-corrected chi connectivity index (χ0v) is 12.9. The summed E-state index contributed by atoms with van der Waals surface area (Å²) in [5.41, 5.74) is 5.34. The lowest BCUT2D eigenvalue weighted by molar-refractivity contribution is 0.744. The Labute approximate surface area is 129 Å². The van der Waals surface area contributed by atoms with E-state index in [0.29, 0.717) is 0 Å². The second kappa shape index (κ2) is 5.62. The molecule has 0 spiro atoms. The van der Waals surface area contributed by atoms with Crippen LogP contribution in [-0.2, 0) is 7.05 Å². The molecule has 3 heteroatoms. The maximum atomic E-state index is 5.70. The molecule has 104 valence electrons. The van der Waals surface area contributed by atoms with Crippen LogP contribution in [0.5, 0.6) is 0 Å². The molecule has 0 saturated carbocycles. The largest absolute Gasteiger partial charge is 0.275 e. The molecule has 0 radical (unpaired) electrons. The van der Waals surface area contributed by atoms with E-state index in [4.69, 9.17) is 12.2 Å². The summed E-state index contributed by atoms with van der Waals surface area (Å²) in [4.78, 5) is 0. The monoisotopic (exact) mass is 292 g/mol. The van der Waals surface area contributed by atoms with Crippen molar-refractivity contribution >= 4 is 12.2 Å². The molecule has 0 aliphatic carbocycles. The third-order valence-electron chi connectivity index (χ3n) is 3.52. The first-order valence-electron chi connectivity index (χ1n) is 6.86. The van der Waals surface area contributed by atoms with E-state index in [1.165, 1.54) is 5.56 Å². The first-order valence-corrected chi connectivity index (χ1v) is 7.27. The Bertz CT molecular complexity index is 835. The fourth-order valence-electron chi connectivity index (χ4n) is 2.46. The van der Waals surface area contributed by atoms with Crippen molar-refractivity contribution in [2.45, 2.75) is 6.92 Å². The van der Waals surface area contributed by atoms with Crippen LogP contribution < -0.4 is 0 Å². The van der Waals surface area contributed by atoms with E-state index in [1.807, 2.05) is 60.4 Å². The summed E-state index contributed by atoms with van der Waals surface area (Å²) >= 11 is 5.70. The van der Waals surface area contributed by atoms with Crippen LogP contribution in [0.25, 0.3) is 22.4 Å². The van der Waals surface area contributed by atoms with Gasteiger partial charge in [0.15, 0.2) is 0 Å². The van der Waals surface area contributed by atoms with E-state index in [1.54, 1.807) is 0 Å². The van der Waals surface area contributed by atoms with Crippen LogP contribution in [0.2, 0.25) is 0 Å². The van der Waals surface area contributed by atoms with Gasteiger partial charge in [0.25, 0.3) is 0 Å². The summed E-state index contributed by atoms with van der Waals surface area (Å²) in [5, 5.41) is 4.57. The SMILES string of the molecule is Cc1ccccc1-c1cn(C)nc(-c2ccccc2)c1=S. The maximum Gasteiger partial charge on any atom is 0.109 e. The maximum absolute atomic E-state index is 5.70. The molecule has 0 aliphatic rings. The highest BCUT2D eigenvalue weighted by atomic mass is 32.1. The van der Waals surface area contributed by atoms with E-state index in [2.05, 4.69) is 24.2 Å². The Balaban J connectivity index is 2.28. The minimum atomic E-state index is 0.800. The predicted octanol–water partition coefficient (Wildman–Crippen LogP) is 4.79. The van der Waals surface area contributed by atoms with Crippen molar-refractivity contribution in [1.29, 1.82) is 0 Å². The highest BCUT2D eigenvalue weighted by Gasteiger charge is 2.10. The number of nitrogens with zero attached hydrogens (tertiary/aromatic N) is 2. The van der Waals surface area contributed by atoms with Crippen molar-refractivity contribution in [3.8, 4) is 22.4 Å². The molecule has 3 rings (SSSR count). The van der Waals surface area contributed by atoms with Gasteiger partial charge in [-0.3, -0.25) is 4.68 Å². The van der Waals surface area contributed by atoms with Crippen LogP contribution in [0.3, 0.4) is 0 Å². The van der Waals surface area contributed by atoms with Gasteiger partial charge in [0, 0.05) is 24.4 Å². The first-order chi connectivity index (χ1) is 10.2. The molecule has 3 aromatic rings. The molecule has 1 aromatic heterocycles. The predicted molar refractivity (Wildman–Crippen MR) is 89.7 cm³/mol. The van der Waals surface area contributed by atoms with Gasteiger partial charge in [-0.25, -0.2) is 0 Å². The van der Waals surface area contributed by atoms with Crippen molar-refractivity contribution < 1.29 is 0 Å². The molecule has 0 N–H and O–H groups in total. The van der Waals surface area contributed by atoms with Crippen molar-refractivity contribution in [3.63, 3.8) is 0 Å². The second-order valence-corrected chi connectivity index (χ2v) is 5.48. The molecular weight excluding hydrogens is 276 g/mol. The van der Waals surface area contributed by atoms with E-state index < -0.39 is 0 Å². The second-order valence-electron chi connectivity index (χ2n) is 5.08.